The van der Waals surface area contributed by atoms with Crippen LogP contribution in [0.25, 0.3) is 17.1 Å². The molecule has 0 radical (unpaired) electrons. The summed E-state index contributed by atoms with van der Waals surface area (Å²) in [6.07, 6.45) is 10.1. The van der Waals surface area contributed by atoms with Crippen LogP contribution in [0.2, 0.25) is 0 Å². The largest absolute Gasteiger partial charge is 0.259 e. The van der Waals surface area contributed by atoms with Crippen LogP contribution < -0.4 is 0 Å². The van der Waals surface area contributed by atoms with Crippen molar-refractivity contribution in [1.82, 2.24) is 9.97 Å². The highest BCUT2D eigenvalue weighted by atomic mass is 14.9. The van der Waals surface area contributed by atoms with Gasteiger partial charge < -0.3 is 0 Å². The molecule has 0 fully saturated rings. The monoisotopic (exact) mass is 264 g/mol. The minimum absolute atomic E-state index is 0.756. The fraction of sp³-hybridized carbons (Fsp3) is 0.125. The molecule has 2 rings (SSSR count). The van der Waals surface area contributed by atoms with E-state index in [4.69, 9.17) is 0 Å². The second kappa shape index (κ2) is 6.02. The average Bonchev–Trinajstić information content (AvgIpc) is 2.48. The Bertz CT molecular complexity index is 727. The smallest absolute Gasteiger partial charge is 0.0984 e. The van der Waals surface area contributed by atoms with Gasteiger partial charge in [-0.05, 0) is 13.8 Å². The minimum Gasteiger partial charge on any atom is -0.259 e. The van der Waals surface area contributed by atoms with Gasteiger partial charge in [-0.3, -0.25) is 20.0 Å². The molecule has 0 bridgehead atoms. The summed E-state index contributed by atoms with van der Waals surface area (Å²) < 4.78 is 0. The van der Waals surface area contributed by atoms with Crippen molar-refractivity contribution in [3.05, 3.63) is 42.8 Å². The molecule has 0 aliphatic rings. The van der Waals surface area contributed by atoms with Gasteiger partial charge in [-0.1, -0.05) is 25.3 Å². The fourth-order valence-corrected chi connectivity index (χ4v) is 2.08. The Kier molecular flexibility index (Phi) is 4.15. The van der Waals surface area contributed by atoms with Crippen molar-refractivity contribution in [3.8, 4) is 0 Å². The average molecular weight is 264 g/mol. The molecule has 20 heavy (non-hydrogen) atoms. The number of allylic oxidation sites excluding steroid dienone is 1. The molecule has 0 N–H and O–H groups in total. The van der Waals surface area contributed by atoms with Crippen molar-refractivity contribution in [2.75, 3.05) is 0 Å². The van der Waals surface area contributed by atoms with Crippen LogP contribution in [-0.4, -0.2) is 22.4 Å². The number of aliphatic imine (C=N–C) groups is 2. The van der Waals surface area contributed by atoms with E-state index in [1.165, 1.54) is 0 Å². The van der Waals surface area contributed by atoms with Crippen LogP contribution in [0.15, 0.2) is 41.6 Å². The summed E-state index contributed by atoms with van der Waals surface area (Å²) in [6.45, 7) is 11.3. The summed E-state index contributed by atoms with van der Waals surface area (Å²) in [5, 5.41) is 0. The summed E-state index contributed by atoms with van der Waals surface area (Å²) in [5.41, 5.74) is 4.91. The van der Waals surface area contributed by atoms with Gasteiger partial charge in [0, 0.05) is 35.9 Å². The molecule has 1 aromatic carbocycles. The third kappa shape index (κ3) is 2.28. The molecule has 0 aliphatic heterocycles. The molecule has 2 aromatic rings. The van der Waals surface area contributed by atoms with Gasteiger partial charge in [-0.2, -0.15) is 0 Å². The maximum atomic E-state index is 4.43. The molecular weight excluding hydrogens is 248 g/mol. The molecule has 100 valence electrons. The molecule has 1 heterocycles. The van der Waals surface area contributed by atoms with E-state index in [2.05, 4.69) is 33.1 Å². The molecule has 0 amide bonds. The fourth-order valence-electron chi connectivity index (χ4n) is 2.08. The SMILES string of the molecule is C=CC=Nc1c(N=CC)c(C=C)c2nccnc2c1C. The lowest BCUT2D eigenvalue weighted by molar-refractivity contribution is 1.26. The zero-order chi connectivity index (χ0) is 14.5. The number of rotatable bonds is 4. The van der Waals surface area contributed by atoms with Gasteiger partial charge in [0.05, 0.1) is 22.4 Å². The first-order chi connectivity index (χ1) is 9.74. The van der Waals surface area contributed by atoms with Crippen LogP contribution in [0.4, 0.5) is 11.4 Å². The predicted molar refractivity (Wildman–Crippen MR) is 86.5 cm³/mol. The number of benzene rings is 1. The minimum atomic E-state index is 0.756. The summed E-state index contributed by atoms with van der Waals surface area (Å²) >= 11 is 0. The first kappa shape index (κ1) is 13.8. The van der Waals surface area contributed by atoms with Gasteiger partial charge in [-0.15, -0.1) is 0 Å². The van der Waals surface area contributed by atoms with Gasteiger partial charge in [0.25, 0.3) is 0 Å². The van der Waals surface area contributed by atoms with E-state index >= 15 is 0 Å². The lowest BCUT2D eigenvalue weighted by Gasteiger charge is -2.12. The quantitative estimate of drug-likeness (QED) is 0.777. The van der Waals surface area contributed by atoms with Crippen molar-refractivity contribution >= 4 is 40.9 Å². The van der Waals surface area contributed by atoms with Crippen LogP contribution in [0.3, 0.4) is 0 Å². The van der Waals surface area contributed by atoms with Crippen molar-refractivity contribution < 1.29 is 0 Å². The highest BCUT2D eigenvalue weighted by Gasteiger charge is 2.15. The van der Waals surface area contributed by atoms with Gasteiger partial charge in [0.2, 0.25) is 0 Å². The van der Waals surface area contributed by atoms with Gasteiger partial charge >= 0.3 is 0 Å². The summed E-state index contributed by atoms with van der Waals surface area (Å²) in [6, 6.07) is 0. The Morgan fingerprint density at radius 3 is 2.35 bits per heavy atom. The Morgan fingerprint density at radius 1 is 1.05 bits per heavy atom. The number of aromatic nitrogens is 2. The highest BCUT2D eigenvalue weighted by molar-refractivity contribution is 5.99. The normalized spacial score (nSPS) is 11.5. The Hall–Kier alpha value is -2.62. The molecule has 0 atom stereocenters. The van der Waals surface area contributed by atoms with E-state index in [9.17, 15) is 0 Å². The van der Waals surface area contributed by atoms with Crippen LogP contribution in [0, 0.1) is 6.92 Å². The number of hydrogen-bond acceptors (Lipinski definition) is 4. The van der Waals surface area contributed by atoms with E-state index in [1.807, 2.05) is 13.8 Å². The molecule has 0 saturated carbocycles. The molecule has 4 heteroatoms. The van der Waals surface area contributed by atoms with E-state index in [-0.39, 0.29) is 0 Å². The summed E-state index contributed by atoms with van der Waals surface area (Å²) in [4.78, 5) is 17.7. The Labute approximate surface area is 118 Å². The molecule has 0 saturated heterocycles. The molecular formula is C16H16N4. The van der Waals surface area contributed by atoms with Crippen molar-refractivity contribution in [2.24, 2.45) is 9.98 Å². The Morgan fingerprint density at radius 2 is 1.75 bits per heavy atom. The topological polar surface area (TPSA) is 50.5 Å². The molecule has 4 nitrogen and oxygen atoms in total. The van der Waals surface area contributed by atoms with Crippen LogP contribution in [-0.2, 0) is 0 Å². The molecule has 0 spiro atoms. The van der Waals surface area contributed by atoms with E-state index in [0.717, 1.165) is 33.5 Å². The van der Waals surface area contributed by atoms with Crippen molar-refractivity contribution in [3.63, 3.8) is 0 Å². The Balaban J connectivity index is 2.97. The molecule has 0 unspecified atom stereocenters. The second-order valence-electron chi connectivity index (χ2n) is 4.09. The number of aryl methyl sites for hydroxylation is 1. The van der Waals surface area contributed by atoms with E-state index in [0.29, 0.717) is 0 Å². The number of fused-ring (bicyclic) bond motifs is 1. The van der Waals surface area contributed by atoms with Crippen LogP contribution in [0.1, 0.15) is 18.1 Å². The molecule has 1 aromatic heterocycles. The van der Waals surface area contributed by atoms with Gasteiger partial charge in [0.1, 0.15) is 0 Å². The predicted octanol–water partition coefficient (Wildman–Crippen LogP) is 4.19. The zero-order valence-electron chi connectivity index (χ0n) is 11.7. The van der Waals surface area contributed by atoms with Crippen molar-refractivity contribution in [1.29, 1.82) is 0 Å². The lowest BCUT2D eigenvalue weighted by atomic mass is 10.0. The van der Waals surface area contributed by atoms with Gasteiger partial charge in [-0.25, -0.2) is 0 Å². The van der Waals surface area contributed by atoms with Crippen molar-refractivity contribution in [2.45, 2.75) is 13.8 Å². The van der Waals surface area contributed by atoms with E-state index in [1.54, 1.807) is 37.0 Å². The zero-order valence-corrected chi connectivity index (χ0v) is 11.7. The summed E-state index contributed by atoms with van der Waals surface area (Å²) in [7, 11) is 0. The lowest BCUT2D eigenvalue weighted by Crippen LogP contribution is -1.92. The number of nitrogens with zero attached hydrogens (tertiary/aromatic N) is 4. The van der Waals surface area contributed by atoms with Crippen LogP contribution in [0.5, 0.6) is 0 Å². The number of hydrogen-bond donors (Lipinski definition) is 0. The third-order valence-corrected chi connectivity index (χ3v) is 2.91. The summed E-state index contributed by atoms with van der Waals surface area (Å²) in [5.74, 6) is 0. The van der Waals surface area contributed by atoms with Gasteiger partial charge in [0.15, 0.2) is 0 Å². The first-order valence-corrected chi connectivity index (χ1v) is 6.28. The molecule has 0 aliphatic carbocycles. The third-order valence-electron chi connectivity index (χ3n) is 2.91. The maximum Gasteiger partial charge on any atom is 0.0984 e. The highest BCUT2D eigenvalue weighted by Crippen LogP contribution is 2.40. The van der Waals surface area contributed by atoms with Crippen LogP contribution >= 0.6 is 0 Å². The van der Waals surface area contributed by atoms with E-state index < -0.39 is 0 Å². The second-order valence-corrected chi connectivity index (χ2v) is 4.09. The standard InChI is InChI=1S/C16H16N4/c1-5-8-18-13-11(4)14-16(20-10-9-19-14)12(6-2)15(13)17-7-3/h5-10H,1-2H2,3-4H3. The first-order valence-electron chi connectivity index (χ1n) is 6.28. The maximum absolute atomic E-state index is 4.43.